The van der Waals surface area contributed by atoms with Gasteiger partial charge in [-0.1, -0.05) is 41.8 Å². The summed E-state index contributed by atoms with van der Waals surface area (Å²) in [7, 11) is 0. The minimum atomic E-state index is -0.233. The second-order valence-corrected chi connectivity index (χ2v) is 4.27. The lowest BCUT2D eigenvalue weighted by Gasteiger charge is -2.13. The standard InChI is InChI=1S/C11H15BrFN/c1-2-3-4-11(14)9-6-5-8(13)7-10(9)12/h5-7,11H,2-4,14H2,1H3. The van der Waals surface area contributed by atoms with Crippen molar-refractivity contribution in [3.63, 3.8) is 0 Å². The second kappa shape index (κ2) is 5.47. The van der Waals surface area contributed by atoms with E-state index in [9.17, 15) is 4.39 Å². The van der Waals surface area contributed by atoms with E-state index < -0.39 is 0 Å². The molecule has 1 aromatic rings. The maximum atomic E-state index is 12.8. The van der Waals surface area contributed by atoms with E-state index in [1.165, 1.54) is 12.1 Å². The van der Waals surface area contributed by atoms with Crippen LogP contribution in [-0.2, 0) is 0 Å². The fourth-order valence-electron chi connectivity index (χ4n) is 1.38. The van der Waals surface area contributed by atoms with Gasteiger partial charge in [0.25, 0.3) is 0 Å². The van der Waals surface area contributed by atoms with Crippen LogP contribution in [0.25, 0.3) is 0 Å². The maximum Gasteiger partial charge on any atom is 0.124 e. The molecule has 1 unspecified atom stereocenters. The molecular formula is C11H15BrFN. The van der Waals surface area contributed by atoms with Gasteiger partial charge in [-0.25, -0.2) is 4.39 Å². The topological polar surface area (TPSA) is 26.0 Å². The Morgan fingerprint density at radius 3 is 2.79 bits per heavy atom. The van der Waals surface area contributed by atoms with E-state index in [-0.39, 0.29) is 11.9 Å². The number of hydrogen-bond donors (Lipinski definition) is 1. The first-order chi connectivity index (χ1) is 6.65. The van der Waals surface area contributed by atoms with Crippen LogP contribution in [0.2, 0.25) is 0 Å². The van der Waals surface area contributed by atoms with Crippen molar-refractivity contribution in [3.05, 3.63) is 34.1 Å². The van der Waals surface area contributed by atoms with Crippen LogP contribution in [0.5, 0.6) is 0 Å². The lowest BCUT2D eigenvalue weighted by Crippen LogP contribution is -2.10. The van der Waals surface area contributed by atoms with Crippen molar-refractivity contribution < 1.29 is 4.39 Å². The van der Waals surface area contributed by atoms with Gasteiger partial charge in [0.05, 0.1) is 0 Å². The first-order valence-electron chi connectivity index (χ1n) is 4.85. The summed E-state index contributed by atoms with van der Waals surface area (Å²) in [5, 5.41) is 0. The molecule has 0 aliphatic carbocycles. The molecule has 0 saturated carbocycles. The highest BCUT2D eigenvalue weighted by atomic mass is 79.9. The Morgan fingerprint density at radius 1 is 1.50 bits per heavy atom. The van der Waals surface area contributed by atoms with Crippen molar-refractivity contribution in [2.24, 2.45) is 5.73 Å². The maximum absolute atomic E-state index is 12.8. The molecule has 1 atom stereocenters. The van der Waals surface area contributed by atoms with Crippen molar-refractivity contribution in [1.82, 2.24) is 0 Å². The molecule has 0 bridgehead atoms. The second-order valence-electron chi connectivity index (χ2n) is 3.41. The highest BCUT2D eigenvalue weighted by molar-refractivity contribution is 9.10. The van der Waals surface area contributed by atoms with E-state index in [2.05, 4.69) is 22.9 Å². The summed E-state index contributed by atoms with van der Waals surface area (Å²) in [6, 6.07) is 4.66. The van der Waals surface area contributed by atoms with Gasteiger partial charge in [-0.3, -0.25) is 0 Å². The van der Waals surface area contributed by atoms with Crippen LogP contribution < -0.4 is 5.73 Å². The molecule has 0 aliphatic rings. The lowest BCUT2D eigenvalue weighted by molar-refractivity contribution is 0.594. The summed E-state index contributed by atoms with van der Waals surface area (Å²) in [4.78, 5) is 0. The van der Waals surface area contributed by atoms with Gasteiger partial charge in [0.2, 0.25) is 0 Å². The molecule has 2 N–H and O–H groups in total. The zero-order valence-corrected chi connectivity index (χ0v) is 9.85. The normalized spacial score (nSPS) is 12.9. The van der Waals surface area contributed by atoms with Crippen LogP contribution in [0.1, 0.15) is 37.8 Å². The van der Waals surface area contributed by atoms with E-state index in [4.69, 9.17) is 5.73 Å². The Bertz CT molecular complexity index is 301. The summed E-state index contributed by atoms with van der Waals surface area (Å²) in [6.07, 6.45) is 3.18. The Kier molecular flexibility index (Phi) is 4.55. The summed E-state index contributed by atoms with van der Waals surface area (Å²) < 4.78 is 13.6. The zero-order chi connectivity index (χ0) is 10.6. The van der Waals surface area contributed by atoms with Gasteiger partial charge in [-0.05, 0) is 24.1 Å². The molecular weight excluding hydrogens is 245 g/mol. The van der Waals surface area contributed by atoms with Gasteiger partial charge in [-0.2, -0.15) is 0 Å². The van der Waals surface area contributed by atoms with Crippen LogP contribution in [0.15, 0.2) is 22.7 Å². The molecule has 1 aromatic carbocycles. The molecule has 0 aromatic heterocycles. The quantitative estimate of drug-likeness (QED) is 0.875. The molecule has 0 spiro atoms. The number of rotatable bonds is 4. The third-order valence-corrected chi connectivity index (χ3v) is 2.92. The molecule has 0 fully saturated rings. The zero-order valence-electron chi connectivity index (χ0n) is 8.26. The van der Waals surface area contributed by atoms with E-state index in [1.807, 2.05) is 0 Å². The molecule has 78 valence electrons. The fourth-order valence-corrected chi connectivity index (χ4v) is 2.03. The first kappa shape index (κ1) is 11.7. The van der Waals surface area contributed by atoms with Crippen molar-refractivity contribution in [2.75, 3.05) is 0 Å². The predicted molar refractivity (Wildman–Crippen MR) is 60.6 cm³/mol. The molecule has 0 heterocycles. The summed E-state index contributed by atoms with van der Waals surface area (Å²) in [5.74, 6) is -0.233. The predicted octanol–water partition coefficient (Wildman–Crippen LogP) is 3.78. The molecule has 0 saturated heterocycles. The van der Waals surface area contributed by atoms with Crippen LogP contribution in [0.4, 0.5) is 4.39 Å². The largest absolute Gasteiger partial charge is 0.324 e. The van der Waals surface area contributed by atoms with Gasteiger partial charge in [0.15, 0.2) is 0 Å². The highest BCUT2D eigenvalue weighted by Gasteiger charge is 2.09. The minimum absolute atomic E-state index is 0.00456. The lowest BCUT2D eigenvalue weighted by atomic mass is 10.0. The van der Waals surface area contributed by atoms with Gasteiger partial charge in [0.1, 0.15) is 5.82 Å². The van der Waals surface area contributed by atoms with Gasteiger partial charge >= 0.3 is 0 Å². The molecule has 0 radical (unpaired) electrons. The van der Waals surface area contributed by atoms with Gasteiger partial charge < -0.3 is 5.73 Å². The first-order valence-corrected chi connectivity index (χ1v) is 5.65. The number of unbranched alkanes of at least 4 members (excludes halogenated alkanes) is 1. The average Bonchev–Trinajstić information content (AvgIpc) is 2.14. The third-order valence-electron chi connectivity index (χ3n) is 2.23. The Morgan fingerprint density at radius 2 is 2.21 bits per heavy atom. The number of nitrogens with two attached hydrogens (primary N) is 1. The average molecular weight is 260 g/mol. The summed E-state index contributed by atoms with van der Waals surface area (Å²) >= 11 is 3.32. The molecule has 1 rings (SSSR count). The smallest absolute Gasteiger partial charge is 0.124 e. The number of benzene rings is 1. The third kappa shape index (κ3) is 3.07. The van der Waals surface area contributed by atoms with E-state index in [0.717, 1.165) is 29.3 Å². The monoisotopic (exact) mass is 259 g/mol. The van der Waals surface area contributed by atoms with Crippen molar-refractivity contribution in [3.8, 4) is 0 Å². The van der Waals surface area contributed by atoms with Crippen molar-refractivity contribution in [2.45, 2.75) is 32.2 Å². The van der Waals surface area contributed by atoms with Gasteiger partial charge in [-0.15, -0.1) is 0 Å². The number of halogens is 2. The van der Waals surface area contributed by atoms with E-state index in [0.29, 0.717) is 0 Å². The molecule has 1 nitrogen and oxygen atoms in total. The fraction of sp³-hybridized carbons (Fsp3) is 0.455. The molecule has 3 heteroatoms. The Balaban J connectivity index is 2.74. The highest BCUT2D eigenvalue weighted by Crippen LogP contribution is 2.25. The van der Waals surface area contributed by atoms with Crippen LogP contribution in [0.3, 0.4) is 0 Å². The summed E-state index contributed by atoms with van der Waals surface area (Å²) in [5.41, 5.74) is 6.97. The van der Waals surface area contributed by atoms with Crippen LogP contribution in [0, 0.1) is 5.82 Å². The number of hydrogen-bond acceptors (Lipinski definition) is 1. The van der Waals surface area contributed by atoms with Crippen LogP contribution in [-0.4, -0.2) is 0 Å². The molecule has 14 heavy (non-hydrogen) atoms. The SMILES string of the molecule is CCCCC(N)c1ccc(F)cc1Br. The Hall–Kier alpha value is -0.410. The van der Waals surface area contributed by atoms with Crippen molar-refractivity contribution >= 4 is 15.9 Å². The van der Waals surface area contributed by atoms with Crippen molar-refractivity contribution in [1.29, 1.82) is 0 Å². The Labute approximate surface area is 92.6 Å². The molecule has 0 amide bonds. The van der Waals surface area contributed by atoms with Crippen LogP contribution >= 0.6 is 15.9 Å². The van der Waals surface area contributed by atoms with Gasteiger partial charge in [0, 0.05) is 10.5 Å². The van der Waals surface area contributed by atoms with E-state index >= 15 is 0 Å². The molecule has 0 aliphatic heterocycles. The minimum Gasteiger partial charge on any atom is -0.324 e. The van der Waals surface area contributed by atoms with E-state index in [1.54, 1.807) is 6.07 Å². The summed E-state index contributed by atoms with van der Waals surface area (Å²) in [6.45, 7) is 2.13.